The van der Waals surface area contributed by atoms with Crippen molar-refractivity contribution in [3.05, 3.63) is 34.9 Å². The number of hydrogen-bond donors (Lipinski definition) is 1. The Bertz CT molecular complexity index is 553. The molecule has 21 heavy (non-hydrogen) atoms. The number of rotatable bonds is 2. The third kappa shape index (κ3) is 3.10. The lowest BCUT2D eigenvalue weighted by Gasteiger charge is -2.36. The summed E-state index contributed by atoms with van der Waals surface area (Å²) in [5, 5.41) is 4.40. The summed E-state index contributed by atoms with van der Waals surface area (Å²) in [7, 11) is 0. The van der Waals surface area contributed by atoms with Gasteiger partial charge in [0, 0.05) is 24.0 Å². The van der Waals surface area contributed by atoms with Crippen LogP contribution in [0.1, 0.15) is 18.4 Å². The van der Waals surface area contributed by atoms with Gasteiger partial charge in [-0.15, -0.1) is 0 Å². The summed E-state index contributed by atoms with van der Waals surface area (Å²) in [6.45, 7) is 1.96. The Kier molecular flexibility index (Phi) is 4.52. The molecule has 0 unspecified atom stereocenters. The second kappa shape index (κ2) is 6.38. The molecule has 1 fully saturated rings. The summed E-state index contributed by atoms with van der Waals surface area (Å²) in [4.78, 5) is 17.2. The number of amides is 1. The minimum atomic E-state index is -0.547. The molecule has 0 bridgehead atoms. The Morgan fingerprint density at radius 2 is 2.00 bits per heavy atom. The number of halogens is 1. The molecule has 0 aliphatic carbocycles. The van der Waals surface area contributed by atoms with Gasteiger partial charge in [0.1, 0.15) is 0 Å². The molecular formula is C15H17ClN2O2S. The van der Waals surface area contributed by atoms with Gasteiger partial charge in [-0.05, 0) is 30.5 Å². The normalized spacial score (nSPS) is 20.9. The van der Waals surface area contributed by atoms with Crippen molar-refractivity contribution in [2.75, 3.05) is 25.5 Å². The van der Waals surface area contributed by atoms with Gasteiger partial charge in [-0.3, -0.25) is 9.79 Å². The Morgan fingerprint density at radius 1 is 1.29 bits per heavy atom. The van der Waals surface area contributed by atoms with Crippen molar-refractivity contribution in [3.63, 3.8) is 0 Å². The number of thioether (sulfide) groups is 1. The molecule has 6 heteroatoms. The van der Waals surface area contributed by atoms with Gasteiger partial charge < -0.3 is 10.1 Å². The van der Waals surface area contributed by atoms with E-state index in [0.29, 0.717) is 31.1 Å². The lowest BCUT2D eigenvalue weighted by Crippen LogP contribution is -2.49. The van der Waals surface area contributed by atoms with E-state index in [9.17, 15) is 4.79 Å². The van der Waals surface area contributed by atoms with Gasteiger partial charge >= 0.3 is 0 Å². The number of nitrogens with one attached hydrogen (secondary N) is 1. The van der Waals surface area contributed by atoms with Crippen molar-refractivity contribution >= 4 is 34.4 Å². The average molecular weight is 325 g/mol. The predicted octanol–water partition coefficient (Wildman–Crippen LogP) is 2.61. The first kappa shape index (κ1) is 14.9. The van der Waals surface area contributed by atoms with E-state index in [1.165, 1.54) is 0 Å². The van der Waals surface area contributed by atoms with E-state index in [1.54, 1.807) is 11.8 Å². The molecule has 0 saturated carbocycles. The van der Waals surface area contributed by atoms with Gasteiger partial charge in [-0.1, -0.05) is 35.5 Å². The van der Waals surface area contributed by atoms with Crippen LogP contribution >= 0.6 is 23.4 Å². The van der Waals surface area contributed by atoms with E-state index in [2.05, 4.69) is 10.3 Å². The molecule has 1 aromatic rings. The number of amidine groups is 1. The molecule has 0 spiro atoms. The fourth-order valence-electron chi connectivity index (χ4n) is 2.76. The van der Waals surface area contributed by atoms with Gasteiger partial charge in [0.2, 0.25) is 5.91 Å². The van der Waals surface area contributed by atoms with Crippen LogP contribution in [-0.2, 0) is 14.9 Å². The third-order valence-corrected chi connectivity index (χ3v) is 5.13. The number of aliphatic imine (C=N–C) groups is 1. The zero-order valence-electron chi connectivity index (χ0n) is 11.6. The summed E-state index contributed by atoms with van der Waals surface area (Å²) in [5.41, 5.74) is 0.449. The van der Waals surface area contributed by atoms with Crippen molar-refractivity contribution in [1.29, 1.82) is 0 Å². The van der Waals surface area contributed by atoms with Gasteiger partial charge in [0.25, 0.3) is 0 Å². The van der Waals surface area contributed by atoms with E-state index in [-0.39, 0.29) is 5.91 Å². The smallest absolute Gasteiger partial charge is 0.236 e. The maximum Gasteiger partial charge on any atom is 0.236 e. The van der Waals surface area contributed by atoms with Crippen LogP contribution in [0.2, 0.25) is 5.02 Å². The van der Waals surface area contributed by atoms with Crippen molar-refractivity contribution < 1.29 is 9.53 Å². The second-order valence-corrected chi connectivity index (χ2v) is 6.71. The van der Waals surface area contributed by atoms with E-state index < -0.39 is 5.41 Å². The lowest BCUT2D eigenvalue weighted by molar-refractivity contribution is -0.128. The minimum absolute atomic E-state index is 0.0151. The highest BCUT2D eigenvalue weighted by Crippen LogP contribution is 2.36. The molecule has 1 N–H and O–H groups in total. The number of carbonyl (C=O) groups excluding carboxylic acids is 1. The highest BCUT2D eigenvalue weighted by atomic mass is 35.5. The molecular weight excluding hydrogens is 308 g/mol. The molecule has 2 aliphatic heterocycles. The number of carbonyl (C=O) groups is 1. The maximum atomic E-state index is 12.9. The molecule has 4 nitrogen and oxygen atoms in total. The van der Waals surface area contributed by atoms with Crippen molar-refractivity contribution in [2.45, 2.75) is 18.3 Å². The van der Waals surface area contributed by atoms with Crippen LogP contribution in [0.15, 0.2) is 29.3 Å². The average Bonchev–Trinajstić information content (AvgIpc) is 3.01. The number of benzene rings is 1. The summed E-state index contributed by atoms with van der Waals surface area (Å²) in [6, 6.07) is 7.56. The Hall–Kier alpha value is -1.04. The molecule has 1 amide bonds. The van der Waals surface area contributed by atoms with Crippen molar-refractivity contribution in [1.82, 2.24) is 5.32 Å². The molecule has 0 aromatic heterocycles. The van der Waals surface area contributed by atoms with Crippen molar-refractivity contribution in [2.24, 2.45) is 4.99 Å². The van der Waals surface area contributed by atoms with E-state index >= 15 is 0 Å². The first-order valence-corrected chi connectivity index (χ1v) is 8.40. The summed E-state index contributed by atoms with van der Waals surface area (Å²) >= 11 is 7.56. The zero-order valence-corrected chi connectivity index (χ0v) is 13.2. The molecule has 3 rings (SSSR count). The fourth-order valence-corrected chi connectivity index (χ4v) is 3.61. The Labute approximate surface area is 133 Å². The van der Waals surface area contributed by atoms with E-state index in [4.69, 9.17) is 16.3 Å². The van der Waals surface area contributed by atoms with Gasteiger partial charge in [0.15, 0.2) is 5.17 Å². The van der Waals surface area contributed by atoms with E-state index in [1.807, 2.05) is 24.3 Å². The standard InChI is InChI=1S/C15H17ClN2O2S/c16-12-3-1-11(2-4-12)15(5-8-20-9-6-15)13(19)18-14-17-7-10-21-14/h1-4H,5-10H2,(H,17,18,19). The van der Waals surface area contributed by atoms with Crippen LogP contribution in [-0.4, -0.2) is 36.6 Å². The SMILES string of the molecule is O=C(NC1=NCCS1)C1(c2ccc(Cl)cc2)CCOCC1. The first-order valence-electron chi connectivity index (χ1n) is 7.03. The highest BCUT2D eigenvalue weighted by molar-refractivity contribution is 8.14. The van der Waals surface area contributed by atoms with Gasteiger partial charge in [-0.2, -0.15) is 0 Å². The zero-order chi connectivity index (χ0) is 14.7. The molecule has 112 valence electrons. The number of nitrogens with zero attached hydrogens (tertiary/aromatic N) is 1. The molecule has 2 heterocycles. The van der Waals surface area contributed by atoms with Crippen LogP contribution in [0.25, 0.3) is 0 Å². The lowest BCUT2D eigenvalue weighted by atomic mass is 9.73. The monoisotopic (exact) mass is 324 g/mol. The summed E-state index contributed by atoms with van der Waals surface area (Å²) < 4.78 is 5.45. The van der Waals surface area contributed by atoms with Crippen LogP contribution in [0.3, 0.4) is 0 Å². The Balaban J connectivity index is 1.88. The second-order valence-electron chi connectivity index (χ2n) is 5.19. The van der Waals surface area contributed by atoms with Crippen LogP contribution in [0.5, 0.6) is 0 Å². The van der Waals surface area contributed by atoms with Gasteiger partial charge in [-0.25, -0.2) is 0 Å². The van der Waals surface area contributed by atoms with E-state index in [0.717, 1.165) is 23.0 Å². The fraction of sp³-hybridized carbons (Fsp3) is 0.467. The van der Waals surface area contributed by atoms with Crippen molar-refractivity contribution in [3.8, 4) is 0 Å². The molecule has 0 atom stereocenters. The molecule has 1 aromatic carbocycles. The molecule has 1 saturated heterocycles. The summed E-state index contributed by atoms with van der Waals surface area (Å²) in [5.74, 6) is 0.952. The quantitative estimate of drug-likeness (QED) is 0.909. The molecule has 0 radical (unpaired) electrons. The maximum absolute atomic E-state index is 12.9. The predicted molar refractivity (Wildman–Crippen MR) is 86.1 cm³/mol. The highest BCUT2D eigenvalue weighted by Gasteiger charge is 2.42. The number of ether oxygens (including phenoxy) is 1. The van der Waals surface area contributed by atoms with Crippen LogP contribution in [0.4, 0.5) is 0 Å². The molecule has 2 aliphatic rings. The minimum Gasteiger partial charge on any atom is -0.381 e. The van der Waals surface area contributed by atoms with Gasteiger partial charge in [0.05, 0.1) is 12.0 Å². The van der Waals surface area contributed by atoms with Crippen LogP contribution < -0.4 is 5.32 Å². The Morgan fingerprint density at radius 3 is 2.62 bits per heavy atom. The largest absolute Gasteiger partial charge is 0.381 e. The van der Waals surface area contributed by atoms with Crippen LogP contribution in [0, 0.1) is 0 Å². The first-order chi connectivity index (χ1) is 10.2. The third-order valence-electron chi connectivity index (χ3n) is 3.98. The topological polar surface area (TPSA) is 50.7 Å². The number of hydrogen-bond acceptors (Lipinski definition) is 4. The summed E-state index contributed by atoms with van der Waals surface area (Å²) in [6.07, 6.45) is 1.36.